The van der Waals surface area contributed by atoms with Gasteiger partial charge in [-0.3, -0.25) is 0 Å². The molecule has 0 N–H and O–H groups in total. The van der Waals surface area contributed by atoms with E-state index in [-0.39, 0.29) is 0 Å². The molecule has 1 aliphatic rings. The minimum absolute atomic E-state index is 0.677. The molecule has 0 aliphatic heterocycles. The van der Waals surface area contributed by atoms with Crippen molar-refractivity contribution in [2.24, 2.45) is 5.92 Å². The number of rotatable bonds is 6. The van der Waals surface area contributed by atoms with Gasteiger partial charge in [-0.05, 0) is 79.2 Å². The Morgan fingerprint density at radius 1 is 0.920 bits per heavy atom. The number of allylic oxidation sites excluding steroid dienone is 1. The van der Waals surface area contributed by atoms with E-state index in [2.05, 4.69) is 36.4 Å². The quantitative estimate of drug-likeness (QED) is 0.556. The Morgan fingerprint density at radius 2 is 1.52 bits per heavy atom. The summed E-state index contributed by atoms with van der Waals surface area (Å²) in [6, 6.07) is 17.2. The van der Waals surface area contributed by atoms with Gasteiger partial charge >= 0.3 is 0 Å². The van der Waals surface area contributed by atoms with Crippen molar-refractivity contribution in [1.29, 1.82) is 0 Å². The van der Waals surface area contributed by atoms with E-state index >= 15 is 0 Å². The first-order chi connectivity index (χ1) is 12.3. The molecule has 0 bridgehead atoms. The maximum absolute atomic E-state index is 12.0. The number of halogens is 1. The fourth-order valence-electron chi connectivity index (χ4n) is 3.91. The molecule has 0 saturated heterocycles. The highest BCUT2D eigenvalue weighted by molar-refractivity contribution is 5.64. The van der Waals surface area contributed by atoms with Crippen LogP contribution in [0.4, 0.5) is 4.39 Å². The zero-order chi connectivity index (χ0) is 17.5. The molecule has 0 unspecified atom stereocenters. The third kappa shape index (κ3) is 4.72. The van der Waals surface area contributed by atoms with E-state index in [0.717, 1.165) is 24.5 Å². The summed E-state index contributed by atoms with van der Waals surface area (Å²) in [4.78, 5) is 0. The number of ether oxygens (including phenoxy) is 1. The number of hydrogen-bond donors (Lipinski definition) is 0. The zero-order valence-electron chi connectivity index (χ0n) is 15.0. The van der Waals surface area contributed by atoms with E-state index in [0.29, 0.717) is 12.2 Å². The summed E-state index contributed by atoms with van der Waals surface area (Å²) < 4.78 is 17.3. The lowest BCUT2D eigenvalue weighted by Gasteiger charge is -2.28. The Labute approximate surface area is 150 Å². The van der Waals surface area contributed by atoms with Gasteiger partial charge in [-0.15, -0.1) is 0 Å². The van der Waals surface area contributed by atoms with Crippen LogP contribution < -0.4 is 4.74 Å². The van der Waals surface area contributed by atoms with E-state index in [1.165, 1.54) is 42.4 Å². The van der Waals surface area contributed by atoms with Crippen LogP contribution in [0.25, 0.3) is 11.1 Å². The van der Waals surface area contributed by atoms with Gasteiger partial charge < -0.3 is 4.74 Å². The molecule has 2 heteroatoms. The van der Waals surface area contributed by atoms with Gasteiger partial charge in [0.15, 0.2) is 0 Å². The Balaban J connectivity index is 1.57. The maximum Gasteiger partial charge on any atom is 0.118 e. The molecule has 0 heterocycles. The predicted molar refractivity (Wildman–Crippen MR) is 103 cm³/mol. The van der Waals surface area contributed by atoms with Gasteiger partial charge in [-0.2, -0.15) is 0 Å². The van der Waals surface area contributed by atoms with E-state index in [1.807, 2.05) is 12.1 Å². The summed E-state index contributed by atoms with van der Waals surface area (Å²) in [5.74, 6) is 2.34. The van der Waals surface area contributed by atoms with Crippen molar-refractivity contribution in [3.63, 3.8) is 0 Å². The van der Waals surface area contributed by atoms with Crippen LogP contribution in [0, 0.1) is 5.92 Å². The van der Waals surface area contributed by atoms with Crippen LogP contribution in [0.2, 0.25) is 0 Å². The maximum atomic E-state index is 12.0. The van der Waals surface area contributed by atoms with E-state index in [4.69, 9.17) is 4.74 Å². The number of methoxy groups -OCH3 is 1. The van der Waals surface area contributed by atoms with E-state index in [9.17, 15) is 4.39 Å². The standard InChI is InChI=1S/C23H27FO/c1-25-23-15-13-22(14-16-23)21-11-9-20(10-12-21)19-7-5-18(6-8-19)4-2-3-17-24/h3,9-19H,2,4-8H2,1H3/b17-3+. The summed E-state index contributed by atoms with van der Waals surface area (Å²) >= 11 is 0. The van der Waals surface area contributed by atoms with Gasteiger partial charge in [-0.1, -0.05) is 42.5 Å². The molecule has 1 fully saturated rings. The first-order valence-electron chi connectivity index (χ1n) is 9.29. The minimum Gasteiger partial charge on any atom is -0.497 e. The highest BCUT2D eigenvalue weighted by atomic mass is 19.1. The van der Waals surface area contributed by atoms with Crippen molar-refractivity contribution in [2.45, 2.75) is 44.4 Å². The average molecular weight is 338 g/mol. The minimum atomic E-state index is 0.677. The molecule has 0 atom stereocenters. The molecule has 2 aromatic carbocycles. The van der Waals surface area contributed by atoms with Crippen LogP contribution >= 0.6 is 0 Å². The lowest BCUT2D eigenvalue weighted by Crippen LogP contribution is -2.13. The molecule has 1 saturated carbocycles. The van der Waals surface area contributed by atoms with Crippen molar-refractivity contribution in [2.75, 3.05) is 7.11 Å². The third-order valence-corrected chi connectivity index (χ3v) is 5.48. The fourth-order valence-corrected chi connectivity index (χ4v) is 3.91. The molecule has 2 aromatic rings. The highest BCUT2D eigenvalue weighted by Crippen LogP contribution is 2.38. The molecule has 0 radical (unpaired) electrons. The zero-order valence-corrected chi connectivity index (χ0v) is 15.0. The molecule has 0 amide bonds. The van der Waals surface area contributed by atoms with Crippen LogP contribution in [0.1, 0.15) is 50.0 Å². The second-order valence-electron chi connectivity index (χ2n) is 7.01. The average Bonchev–Trinajstić information content (AvgIpc) is 2.69. The molecule has 3 rings (SSSR count). The molecule has 132 valence electrons. The van der Waals surface area contributed by atoms with Crippen LogP contribution in [-0.4, -0.2) is 7.11 Å². The summed E-state index contributed by atoms with van der Waals surface area (Å²) in [5.41, 5.74) is 3.93. The Hall–Kier alpha value is -2.09. The fraction of sp³-hybridized carbons (Fsp3) is 0.391. The largest absolute Gasteiger partial charge is 0.497 e. The SMILES string of the molecule is COc1ccc(-c2ccc(C3CCC(CC/C=C/F)CC3)cc2)cc1. The first kappa shape index (κ1) is 17.7. The van der Waals surface area contributed by atoms with Crippen molar-refractivity contribution in [3.8, 4) is 16.9 Å². The van der Waals surface area contributed by atoms with Crippen molar-refractivity contribution < 1.29 is 9.13 Å². The lowest BCUT2D eigenvalue weighted by atomic mass is 9.77. The smallest absolute Gasteiger partial charge is 0.118 e. The van der Waals surface area contributed by atoms with E-state index < -0.39 is 0 Å². The van der Waals surface area contributed by atoms with Crippen LogP contribution in [0.15, 0.2) is 60.9 Å². The van der Waals surface area contributed by atoms with Crippen molar-refractivity contribution in [1.82, 2.24) is 0 Å². The van der Waals surface area contributed by atoms with Crippen molar-refractivity contribution >= 4 is 0 Å². The Kier molecular flexibility index (Phi) is 6.27. The monoisotopic (exact) mass is 338 g/mol. The summed E-state index contributed by atoms with van der Waals surface area (Å²) in [5, 5.41) is 0. The molecular weight excluding hydrogens is 311 g/mol. The predicted octanol–water partition coefficient (Wildman–Crippen LogP) is 6.90. The number of hydrogen-bond acceptors (Lipinski definition) is 1. The summed E-state index contributed by atoms with van der Waals surface area (Å²) in [7, 11) is 1.69. The second kappa shape index (κ2) is 8.84. The summed E-state index contributed by atoms with van der Waals surface area (Å²) in [6.45, 7) is 0. The molecule has 25 heavy (non-hydrogen) atoms. The van der Waals surface area contributed by atoms with Gasteiger partial charge in [0, 0.05) is 0 Å². The van der Waals surface area contributed by atoms with Crippen LogP contribution in [0.5, 0.6) is 5.75 Å². The lowest BCUT2D eigenvalue weighted by molar-refractivity contribution is 0.311. The topological polar surface area (TPSA) is 9.23 Å². The van der Waals surface area contributed by atoms with Crippen molar-refractivity contribution in [3.05, 3.63) is 66.5 Å². The third-order valence-electron chi connectivity index (χ3n) is 5.48. The van der Waals surface area contributed by atoms with Gasteiger partial charge in [0.2, 0.25) is 0 Å². The van der Waals surface area contributed by atoms with Crippen LogP contribution in [0.3, 0.4) is 0 Å². The highest BCUT2D eigenvalue weighted by Gasteiger charge is 2.21. The molecule has 0 spiro atoms. The molecule has 0 aromatic heterocycles. The Morgan fingerprint density at radius 3 is 2.08 bits per heavy atom. The molecule has 1 aliphatic carbocycles. The Bertz CT molecular complexity index is 664. The van der Waals surface area contributed by atoms with Gasteiger partial charge in [0.1, 0.15) is 5.75 Å². The van der Waals surface area contributed by atoms with Crippen LogP contribution in [-0.2, 0) is 0 Å². The van der Waals surface area contributed by atoms with E-state index in [1.54, 1.807) is 13.2 Å². The normalized spacial score (nSPS) is 20.7. The first-order valence-corrected chi connectivity index (χ1v) is 9.29. The number of benzene rings is 2. The van der Waals surface area contributed by atoms with Gasteiger partial charge in [-0.25, -0.2) is 4.39 Å². The second-order valence-corrected chi connectivity index (χ2v) is 7.01. The summed E-state index contributed by atoms with van der Waals surface area (Å²) in [6.07, 6.45) is 9.37. The molecule has 1 nitrogen and oxygen atoms in total. The van der Waals surface area contributed by atoms with Gasteiger partial charge in [0.25, 0.3) is 0 Å². The molecular formula is C23H27FO. The van der Waals surface area contributed by atoms with Gasteiger partial charge in [0.05, 0.1) is 13.4 Å².